The molecule has 270 valence electrons. The van der Waals surface area contributed by atoms with E-state index in [1.165, 1.54) is 30.6 Å². The van der Waals surface area contributed by atoms with Gasteiger partial charge in [0.1, 0.15) is 0 Å². The highest BCUT2D eigenvalue weighted by atomic mass is 32.1. The molecule has 0 radical (unpaired) electrons. The zero-order valence-electron chi connectivity index (χ0n) is 29.1. The SMILES string of the molecule is C=C(N)NCCc1cc(CCNC(=N)N)cc(-c2ccc(-c3cccc(-c4ccc(-c5cc(CCNC(=N)N)cc(CCNC(=N)N)c5)s4)c3)s2)c1. The fourth-order valence-electron chi connectivity index (χ4n) is 5.90. The Balaban J connectivity index is 1.37. The van der Waals surface area contributed by atoms with Crippen molar-refractivity contribution in [2.24, 2.45) is 22.9 Å². The van der Waals surface area contributed by atoms with Gasteiger partial charge in [0.2, 0.25) is 0 Å². The monoisotopic (exact) mass is 733 g/mol. The number of thiophene rings is 2. The molecule has 0 saturated heterocycles. The molecule has 52 heavy (non-hydrogen) atoms. The first kappa shape index (κ1) is 37.5. The molecule has 0 spiro atoms. The Kier molecular flexibility index (Phi) is 12.9. The predicted molar refractivity (Wildman–Crippen MR) is 220 cm³/mol. The third-order valence-electron chi connectivity index (χ3n) is 8.27. The van der Waals surface area contributed by atoms with Crippen molar-refractivity contribution in [1.29, 1.82) is 16.2 Å². The number of hydrogen-bond acceptors (Lipinski definition) is 7. The second-order valence-electron chi connectivity index (χ2n) is 12.5. The molecule has 11 nitrogen and oxygen atoms in total. The van der Waals surface area contributed by atoms with E-state index in [9.17, 15) is 0 Å². The number of nitrogens with two attached hydrogens (primary N) is 4. The number of hydrogen-bond donors (Lipinski definition) is 11. The summed E-state index contributed by atoms with van der Waals surface area (Å²) in [6, 6.07) is 30.7. The number of guanidine groups is 3. The van der Waals surface area contributed by atoms with Crippen LogP contribution in [0.2, 0.25) is 0 Å². The summed E-state index contributed by atoms with van der Waals surface area (Å²) in [6.45, 7) is 6.17. The van der Waals surface area contributed by atoms with Gasteiger partial charge in [0.25, 0.3) is 0 Å². The average molecular weight is 734 g/mol. The summed E-state index contributed by atoms with van der Waals surface area (Å²) < 4.78 is 0. The normalized spacial score (nSPS) is 10.8. The van der Waals surface area contributed by atoms with E-state index in [1.54, 1.807) is 22.7 Å². The summed E-state index contributed by atoms with van der Waals surface area (Å²) in [5.74, 6) is 0.353. The van der Waals surface area contributed by atoms with Crippen LogP contribution in [-0.4, -0.2) is 44.1 Å². The Bertz CT molecular complexity index is 1830. The van der Waals surface area contributed by atoms with Gasteiger partial charge in [-0.15, -0.1) is 22.7 Å². The fraction of sp³-hybridized carbons (Fsp3) is 0.205. The number of nitrogens with one attached hydrogen (secondary N) is 7. The summed E-state index contributed by atoms with van der Waals surface area (Å²) in [6.07, 6.45) is 3.02. The van der Waals surface area contributed by atoms with Crippen LogP contribution in [0.25, 0.3) is 41.8 Å². The molecular formula is C39H47N11S2. The van der Waals surface area contributed by atoms with Crippen LogP contribution in [0.15, 0.2) is 97.3 Å². The molecule has 15 N–H and O–H groups in total. The molecule has 5 rings (SSSR count). The largest absolute Gasteiger partial charge is 0.386 e. The first-order chi connectivity index (χ1) is 25.0. The first-order valence-corrected chi connectivity index (χ1v) is 18.6. The fourth-order valence-corrected chi connectivity index (χ4v) is 7.88. The smallest absolute Gasteiger partial charge is 0.185 e. The quantitative estimate of drug-likeness (QED) is 0.0454. The Labute approximate surface area is 313 Å². The molecule has 0 atom stereocenters. The Hall–Kier alpha value is -5.79. The van der Waals surface area contributed by atoms with Crippen LogP contribution in [0.1, 0.15) is 22.3 Å². The molecule has 0 aliphatic heterocycles. The number of rotatable bonds is 17. The third kappa shape index (κ3) is 11.1. The maximum Gasteiger partial charge on any atom is 0.185 e. The second-order valence-corrected chi connectivity index (χ2v) is 14.6. The van der Waals surface area contributed by atoms with Gasteiger partial charge in [-0.05, 0) is 101 Å². The van der Waals surface area contributed by atoms with Gasteiger partial charge in [-0.2, -0.15) is 0 Å². The molecule has 2 aromatic heterocycles. The first-order valence-electron chi connectivity index (χ1n) is 17.0. The maximum absolute atomic E-state index is 7.50. The molecule has 0 aliphatic carbocycles. The Morgan fingerprint density at radius 1 is 0.462 bits per heavy atom. The van der Waals surface area contributed by atoms with E-state index in [2.05, 4.69) is 113 Å². The average Bonchev–Trinajstić information content (AvgIpc) is 3.79. The van der Waals surface area contributed by atoms with E-state index >= 15 is 0 Å². The molecule has 0 amide bonds. The summed E-state index contributed by atoms with van der Waals surface area (Å²) in [5, 5.41) is 34.3. The van der Waals surface area contributed by atoms with Crippen molar-refractivity contribution in [3.63, 3.8) is 0 Å². The zero-order chi connectivity index (χ0) is 37.0. The van der Waals surface area contributed by atoms with E-state index in [-0.39, 0.29) is 17.9 Å². The van der Waals surface area contributed by atoms with E-state index < -0.39 is 0 Å². The van der Waals surface area contributed by atoms with Crippen molar-refractivity contribution in [2.45, 2.75) is 25.7 Å². The summed E-state index contributed by atoms with van der Waals surface area (Å²) in [7, 11) is 0. The summed E-state index contributed by atoms with van der Waals surface area (Å²) in [5.41, 5.74) is 31.6. The predicted octanol–water partition coefficient (Wildman–Crippen LogP) is 5.12. The highest BCUT2D eigenvalue weighted by Crippen LogP contribution is 2.39. The zero-order valence-corrected chi connectivity index (χ0v) is 30.7. The summed E-state index contributed by atoms with van der Waals surface area (Å²) in [4.78, 5) is 4.73. The van der Waals surface area contributed by atoms with Crippen LogP contribution < -0.4 is 44.2 Å². The van der Waals surface area contributed by atoms with Crippen LogP contribution in [0.4, 0.5) is 0 Å². The van der Waals surface area contributed by atoms with Gasteiger partial charge >= 0.3 is 0 Å². The van der Waals surface area contributed by atoms with E-state index in [0.717, 1.165) is 59.1 Å². The molecule has 13 heteroatoms. The topological polar surface area (TPSA) is 224 Å². The molecule has 0 aliphatic rings. The van der Waals surface area contributed by atoms with Gasteiger partial charge in [-0.1, -0.05) is 61.2 Å². The van der Waals surface area contributed by atoms with Crippen LogP contribution in [0, 0.1) is 16.2 Å². The third-order valence-corrected chi connectivity index (χ3v) is 10.6. The van der Waals surface area contributed by atoms with Gasteiger partial charge in [0.15, 0.2) is 17.9 Å². The highest BCUT2D eigenvalue weighted by molar-refractivity contribution is 7.19. The molecule has 3 aromatic carbocycles. The minimum Gasteiger partial charge on any atom is -0.386 e. The lowest BCUT2D eigenvalue weighted by molar-refractivity contribution is 0.780. The minimum atomic E-state index is -0.0384. The van der Waals surface area contributed by atoms with Crippen LogP contribution in [0.5, 0.6) is 0 Å². The van der Waals surface area contributed by atoms with Crippen molar-refractivity contribution < 1.29 is 0 Å². The van der Waals surface area contributed by atoms with Gasteiger partial charge in [0, 0.05) is 45.7 Å². The van der Waals surface area contributed by atoms with E-state index in [1.807, 2.05) is 0 Å². The molecule has 0 unspecified atom stereocenters. The van der Waals surface area contributed by atoms with Crippen molar-refractivity contribution in [1.82, 2.24) is 21.3 Å². The van der Waals surface area contributed by atoms with Gasteiger partial charge in [0.05, 0.1) is 5.82 Å². The minimum absolute atomic E-state index is 0.0280. The molecule has 0 fully saturated rings. The highest BCUT2D eigenvalue weighted by Gasteiger charge is 2.12. The van der Waals surface area contributed by atoms with Crippen molar-refractivity contribution in [3.8, 4) is 41.8 Å². The van der Waals surface area contributed by atoms with Crippen LogP contribution >= 0.6 is 22.7 Å². The van der Waals surface area contributed by atoms with Crippen LogP contribution in [0.3, 0.4) is 0 Å². The second kappa shape index (κ2) is 17.9. The van der Waals surface area contributed by atoms with E-state index in [0.29, 0.717) is 32.0 Å². The lowest BCUT2D eigenvalue weighted by atomic mass is 10.0. The van der Waals surface area contributed by atoms with Crippen molar-refractivity contribution >= 4 is 40.6 Å². The van der Waals surface area contributed by atoms with Crippen LogP contribution in [-0.2, 0) is 25.7 Å². The molecule has 5 aromatic rings. The lowest BCUT2D eigenvalue weighted by Gasteiger charge is -2.11. The summed E-state index contributed by atoms with van der Waals surface area (Å²) >= 11 is 3.53. The van der Waals surface area contributed by atoms with Gasteiger partial charge < -0.3 is 44.2 Å². The maximum atomic E-state index is 7.50. The standard InChI is InChI=1S/C39H47N11S2/c1-24(40)47-13-9-25-17-26(10-14-48-37(41)42)20-31(19-25)35-7-5-33(51-35)29-3-2-4-30(23-29)34-6-8-36(52-34)32-21-27(11-15-49-38(43)44)18-28(22-32)12-16-50-39(45)46/h2-8,17-23,47H,1,9-16,40H2,(H4,41,42,48)(H4,43,44,49)(H4,45,46,50). The Morgan fingerprint density at radius 2 is 0.788 bits per heavy atom. The van der Waals surface area contributed by atoms with Crippen molar-refractivity contribution in [2.75, 3.05) is 26.2 Å². The molecule has 0 bridgehead atoms. The van der Waals surface area contributed by atoms with Gasteiger partial charge in [-0.3, -0.25) is 16.2 Å². The van der Waals surface area contributed by atoms with E-state index in [4.69, 9.17) is 39.2 Å². The van der Waals surface area contributed by atoms with Crippen molar-refractivity contribution in [3.05, 3.63) is 120 Å². The molecule has 2 heterocycles. The molecular weight excluding hydrogens is 687 g/mol. The Morgan fingerprint density at radius 3 is 1.12 bits per heavy atom. The molecule has 0 saturated carbocycles. The van der Waals surface area contributed by atoms with Gasteiger partial charge in [-0.25, -0.2) is 0 Å². The number of benzene rings is 3. The lowest BCUT2D eigenvalue weighted by Crippen LogP contribution is -2.32.